The van der Waals surface area contributed by atoms with E-state index in [0.717, 1.165) is 11.3 Å². The molecule has 4 nitrogen and oxygen atoms in total. The third kappa shape index (κ3) is 2.40. The number of benzene rings is 1. The van der Waals surface area contributed by atoms with Gasteiger partial charge >= 0.3 is 0 Å². The van der Waals surface area contributed by atoms with Gasteiger partial charge in [-0.15, -0.1) is 0 Å². The highest BCUT2D eigenvalue weighted by Crippen LogP contribution is 2.33. The van der Waals surface area contributed by atoms with E-state index >= 15 is 0 Å². The van der Waals surface area contributed by atoms with Crippen molar-refractivity contribution in [2.24, 2.45) is 0 Å². The van der Waals surface area contributed by atoms with Crippen molar-refractivity contribution in [1.29, 1.82) is 0 Å². The first kappa shape index (κ1) is 15.4. The van der Waals surface area contributed by atoms with Gasteiger partial charge in [-0.25, -0.2) is 19.3 Å². The van der Waals surface area contributed by atoms with Crippen LogP contribution in [0.2, 0.25) is 5.28 Å². The molecule has 0 radical (unpaired) electrons. The lowest BCUT2D eigenvalue weighted by atomic mass is 10.1. The largest absolute Gasteiger partial charge is 0.326 e. The first-order valence-electron chi connectivity index (χ1n) is 6.75. The summed E-state index contributed by atoms with van der Waals surface area (Å²) in [5.41, 5.74) is 1.86. The second-order valence-electron chi connectivity index (χ2n) is 5.25. The molecule has 2 aromatic heterocycles. The molecule has 114 valence electrons. The van der Waals surface area contributed by atoms with Crippen molar-refractivity contribution in [2.75, 3.05) is 0 Å². The van der Waals surface area contributed by atoms with Crippen LogP contribution in [0.5, 0.6) is 0 Å². The average molecular weight is 384 g/mol. The average Bonchev–Trinajstić information content (AvgIpc) is 2.79. The molecule has 0 unspecified atom stereocenters. The molecule has 0 saturated carbocycles. The van der Waals surface area contributed by atoms with Gasteiger partial charge in [0.25, 0.3) is 0 Å². The van der Waals surface area contributed by atoms with Gasteiger partial charge in [-0.1, -0.05) is 0 Å². The zero-order valence-electron chi connectivity index (χ0n) is 12.2. The highest BCUT2D eigenvalue weighted by Gasteiger charge is 2.19. The Bertz CT molecular complexity index is 876. The first-order valence-corrected chi connectivity index (χ1v) is 7.92. The number of halogens is 3. The third-order valence-corrected chi connectivity index (χ3v) is 4.23. The number of nitrogens with zero attached hydrogens (tertiary/aromatic N) is 4. The van der Waals surface area contributed by atoms with Crippen LogP contribution in [0, 0.1) is 12.7 Å². The topological polar surface area (TPSA) is 43.6 Å². The molecule has 0 fully saturated rings. The number of imidazole rings is 1. The van der Waals surface area contributed by atoms with Gasteiger partial charge < -0.3 is 4.57 Å². The molecular formula is C15H13BrClFN4. The lowest BCUT2D eigenvalue weighted by Gasteiger charge is -2.11. The SMILES string of the molecule is Cc1nc2c(F)c(-c3nc(Cl)ncc3Br)ccc2n1C(C)C. The Balaban J connectivity index is 2.30. The van der Waals surface area contributed by atoms with E-state index in [1.54, 1.807) is 6.07 Å². The van der Waals surface area contributed by atoms with Gasteiger partial charge in [0.1, 0.15) is 11.3 Å². The molecule has 3 aromatic rings. The fraction of sp³-hybridized carbons (Fsp3) is 0.267. The number of aryl methyl sites for hydroxylation is 1. The molecule has 0 bridgehead atoms. The van der Waals surface area contributed by atoms with E-state index in [9.17, 15) is 4.39 Å². The van der Waals surface area contributed by atoms with E-state index in [-0.39, 0.29) is 11.3 Å². The van der Waals surface area contributed by atoms with E-state index in [4.69, 9.17) is 11.6 Å². The van der Waals surface area contributed by atoms with Gasteiger partial charge in [0, 0.05) is 17.8 Å². The molecule has 0 N–H and O–H groups in total. The normalized spacial score (nSPS) is 11.6. The van der Waals surface area contributed by atoms with E-state index in [0.29, 0.717) is 21.2 Å². The molecule has 1 aromatic carbocycles. The monoisotopic (exact) mass is 382 g/mol. The van der Waals surface area contributed by atoms with Crippen LogP contribution in [0.1, 0.15) is 25.7 Å². The lowest BCUT2D eigenvalue weighted by Crippen LogP contribution is -2.02. The van der Waals surface area contributed by atoms with Crippen molar-refractivity contribution in [3.05, 3.63) is 39.7 Å². The molecule has 2 heterocycles. The Morgan fingerprint density at radius 3 is 2.68 bits per heavy atom. The van der Waals surface area contributed by atoms with Crippen LogP contribution in [0.4, 0.5) is 4.39 Å². The molecule has 0 amide bonds. The maximum absolute atomic E-state index is 14.9. The number of hydrogen-bond acceptors (Lipinski definition) is 3. The fourth-order valence-electron chi connectivity index (χ4n) is 2.61. The van der Waals surface area contributed by atoms with Crippen molar-refractivity contribution in [3.8, 4) is 11.3 Å². The predicted octanol–water partition coefficient (Wildman–Crippen LogP) is 4.94. The predicted molar refractivity (Wildman–Crippen MR) is 88.5 cm³/mol. The van der Waals surface area contributed by atoms with E-state index in [1.807, 2.05) is 31.4 Å². The van der Waals surface area contributed by atoms with Crippen LogP contribution >= 0.6 is 27.5 Å². The first-order chi connectivity index (χ1) is 10.4. The van der Waals surface area contributed by atoms with Crippen LogP contribution in [0.15, 0.2) is 22.8 Å². The summed E-state index contributed by atoms with van der Waals surface area (Å²) in [6, 6.07) is 3.76. The molecule has 22 heavy (non-hydrogen) atoms. The summed E-state index contributed by atoms with van der Waals surface area (Å²) in [6.45, 7) is 5.96. The summed E-state index contributed by atoms with van der Waals surface area (Å²) < 4.78 is 17.5. The van der Waals surface area contributed by atoms with Crippen LogP contribution in [0.3, 0.4) is 0 Å². The van der Waals surface area contributed by atoms with Crippen molar-refractivity contribution in [2.45, 2.75) is 26.8 Å². The molecule has 0 atom stereocenters. The molecular weight excluding hydrogens is 371 g/mol. The lowest BCUT2D eigenvalue weighted by molar-refractivity contribution is 0.600. The minimum absolute atomic E-state index is 0.0709. The zero-order chi connectivity index (χ0) is 16.0. The third-order valence-electron chi connectivity index (χ3n) is 3.46. The minimum atomic E-state index is -0.407. The Kier molecular flexibility index (Phi) is 3.91. The number of aromatic nitrogens is 4. The van der Waals surface area contributed by atoms with Gasteiger partial charge in [0.05, 0.1) is 15.7 Å². The van der Waals surface area contributed by atoms with Gasteiger partial charge in [-0.2, -0.15) is 0 Å². The number of hydrogen-bond donors (Lipinski definition) is 0. The minimum Gasteiger partial charge on any atom is -0.326 e. The van der Waals surface area contributed by atoms with E-state index in [2.05, 4.69) is 30.9 Å². The molecule has 7 heteroatoms. The second kappa shape index (κ2) is 5.59. The number of fused-ring (bicyclic) bond motifs is 1. The highest BCUT2D eigenvalue weighted by molar-refractivity contribution is 9.10. The molecule has 3 rings (SSSR count). The van der Waals surface area contributed by atoms with Crippen molar-refractivity contribution < 1.29 is 4.39 Å². The fourth-order valence-corrected chi connectivity index (χ4v) is 3.15. The highest BCUT2D eigenvalue weighted by atomic mass is 79.9. The summed E-state index contributed by atoms with van der Waals surface area (Å²) >= 11 is 9.16. The molecule has 0 aliphatic carbocycles. The Hall–Kier alpha value is -1.53. The second-order valence-corrected chi connectivity index (χ2v) is 6.45. The van der Waals surface area contributed by atoms with Gasteiger partial charge in [-0.05, 0) is 60.4 Å². The van der Waals surface area contributed by atoms with Crippen LogP contribution in [0.25, 0.3) is 22.3 Å². The summed E-state index contributed by atoms with van der Waals surface area (Å²) in [5, 5.41) is 0.0709. The van der Waals surface area contributed by atoms with E-state index in [1.165, 1.54) is 6.20 Å². The van der Waals surface area contributed by atoms with Crippen molar-refractivity contribution in [3.63, 3.8) is 0 Å². The molecule has 0 aliphatic rings. The summed E-state index contributed by atoms with van der Waals surface area (Å²) in [5.74, 6) is 0.372. The van der Waals surface area contributed by atoms with E-state index < -0.39 is 5.82 Å². The van der Waals surface area contributed by atoms with Gasteiger partial charge in [0.15, 0.2) is 5.82 Å². The Morgan fingerprint density at radius 2 is 2.00 bits per heavy atom. The van der Waals surface area contributed by atoms with Crippen molar-refractivity contribution >= 4 is 38.6 Å². The summed E-state index contributed by atoms with van der Waals surface area (Å²) in [6.07, 6.45) is 1.51. The smallest absolute Gasteiger partial charge is 0.222 e. The Labute approximate surface area is 140 Å². The molecule has 0 saturated heterocycles. The maximum Gasteiger partial charge on any atom is 0.222 e. The maximum atomic E-state index is 14.9. The quantitative estimate of drug-likeness (QED) is 0.589. The molecule has 0 spiro atoms. The van der Waals surface area contributed by atoms with Crippen LogP contribution < -0.4 is 0 Å². The van der Waals surface area contributed by atoms with Gasteiger partial charge in [-0.3, -0.25) is 0 Å². The van der Waals surface area contributed by atoms with Gasteiger partial charge in [0.2, 0.25) is 5.28 Å². The standard InChI is InChI=1S/C15H13BrClFN4/c1-7(2)22-8(3)20-14-11(22)5-4-9(12(14)18)13-10(16)6-19-15(17)21-13/h4-7H,1-3H3. The molecule has 0 aliphatic heterocycles. The summed E-state index contributed by atoms with van der Waals surface area (Å²) in [4.78, 5) is 12.3. The van der Waals surface area contributed by atoms with Crippen LogP contribution in [-0.4, -0.2) is 19.5 Å². The zero-order valence-corrected chi connectivity index (χ0v) is 14.6. The number of rotatable bonds is 2. The van der Waals surface area contributed by atoms with Crippen LogP contribution in [-0.2, 0) is 0 Å². The van der Waals surface area contributed by atoms with Crippen molar-refractivity contribution in [1.82, 2.24) is 19.5 Å². The summed E-state index contributed by atoms with van der Waals surface area (Å²) in [7, 11) is 0. The Morgan fingerprint density at radius 1 is 1.27 bits per heavy atom.